The van der Waals surface area contributed by atoms with Crippen LogP contribution < -0.4 is 10.3 Å². The summed E-state index contributed by atoms with van der Waals surface area (Å²) in [6, 6.07) is 12.5. The zero-order valence-corrected chi connectivity index (χ0v) is 18.6. The second-order valence-corrected chi connectivity index (χ2v) is 9.09. The third-order valence-corrected chi connectivity index (χ3v) is 6.87. The Labute approximate surface area is 187 Å². The van der Waals surface area contributed by atoms with Crippen molar-refractivity contribution >= 4 is 34.4 Å². The Kier molecular flexibility index (Phi) is 7.14. The van der Waals surface area contributed by atoms with Gasteiger partial charge in [0.15, 0.2) is 5.16 Å². The van der Waals surface area contributed by atoms with Crippen LogP contribution in [0.2, 0.25) is 0 Å². The van der Waals surface area contributed by atoms with E-state index in [4.69, 9.17) is 14.5 Å². The smallest absolute Gasteiger partial charge is 0.289 e. The first-order valence-corrected chi connectivity index (χ1v) is 11.8. The molecular weight excluding hydrogens is 442 g/mol. The Morgan fingerprint density at radius 3 is 2.87 bits per heavy atom. The van der Waals surface area contributed by atoms with E-state index in [1.807, 2.05) is 18.2 Å². The normalized spacial score (nSPS) is 16.3. The van der Waals surface area contributed by atoms with Crippen molar-refractivity contribution in [2.24, 2.45) is 0 Å². The van der Waals surface area contributed by atoms with E-state index < -0.39 is 5.76 Å². The van der Waals surface area contributed by atoms with E-state index in [0.29, 0.717) is 57.4 Å². The summed E-state index contributed by atoms with van der Waals surface area (Å²) in [5, 5.41) is 1.20. The zero-order chi connectivity index (χ0) is 21.8. The molecule has 1 unspecified atom stereocenters. The van der Waals surface area contributed by atoms with E-state index in [1.54, 1.807) is 28.8 Å². The van der Waals surface area contributed by atoms with Crippen LogP contribution in [0.5, 0.6) is 5.75 Å². The van der Waals surface area contributed by atoms with Gasteiger partial charge in [0, 0.05) is 12.4 Å². The Hall–Kier alpha value is -2.10. The fourth-order valence-electron chi connectivity index (χ4n) is 3.55. The number of alkyl halides is 2. The molecule has 1 fully saturated rings. The SMILES string of the molecule is COc1cc(CSc2nc3ccccc3c(=O)n2CC2CCCO2)ccc1SC(F)F. The minimum absolute atomic E-state index is 0.00533. The van der Waals surface area contributed by atoms with Crippen LogP contribution in [0.15, 0.2) is 57.3 Å². The Morgan fingerprint density at radius 1 is 1.29 bits per heavy atom. The lowest BCUT2D eigenvalue weighted by Gasteiger charge is -2.16. The van der Waals surface area contributed by atoms with Crippen LogP contribution in [-0.2, 0) is 17.0 Å². The minimum atomic E-state index is -2.51. The molecule has 0 saturated carbocycles. The number of ether oxygens (including phenoxy) is 2. The number of fused-ring (bicyclic) bond motifs is 1. The number of methoxy groups -OCH3 is 1. The summed E-state index contributed by atoms with van der Waals surface area (Å²) in [7, 11) is 1.46. The first-order valence-electron chi connectivity index (χ1n) is 9.91. The largest absolute Gasteiger partial charge is 0.496 e. The highest BCUT2D eigenvalue weighted by Gasteiger charge is 2.20. The van der Waals surface area contributed by atoms with Crippen LogP contribution in [0.25, 0.3) is 10.9 Å². The molecular formula is C22H22F2N2O3S2. The van der Waals surface area contributed by atoms with Gasteiger partial charge in [-0.2, -0.15) is 8.78 Å². The summed E-state index contributed by atoms with van der Waals surface area (Å²) in [6.45, 7) is 1.18. The van der Waals surface area contributed by atoms with Gasteiger partial charge in [0.1, 0.15) is 5.75 Å². The topological polar surface area (TPSA) is 53.3 Å². The van der Waals surface area contributed by atoms with Gasteiger partial charge in [0.05, 0.1) is 35.6 Å². The van der Waals surface area contributed by atoms with E-state index in [0.717, 1.165) is 18.4 Å². The number of aromatic nitrogens is 2. The molecule has 1 aliphatic heterocycles. The summed E-state index contributed by atoms with van der Waals surface area (Å²) in [4.78, 5) is 18.3. The fourth-order valence-corrected chi connectivity index (χ4v) is 5.10. The third kappa shape index (κ3) is 5.22. The molecule has 0 N–H and O–H groups in total. The van der Waals surface area contributed by atoms with E-state index in [9.17, 15) is 13.6 Å². The maximum absolute atomic E-state index is 13.2. The van der Waals surface area contributed by atoms with Crippen molar-refractivity contribution in [3.63, 3.8) is 0 Å². The number of halogens is 2. The second-order valence-electron chi connectivity index (χ2n) is 7.11. The van der Waals surface area contributed by atoms with Crippen molar-refractivity contribution in [1.82, 2.24) is 9.55 Å². The highest BCUT2D eigenvalue weighted by molar-refractivity contribution is 7.99. The summed E-state index contributed by atoms with van der Waals surface area (Å²) in [5.41, 5.74) is 1.47. The third-order valence-electron chi connectivity index (χ3n) is 5.05. The highest BCUT2D eigenvalue weighted by Crippen LogP contribution is 2.35. The van der Waals surface area contributed by atoms with Gasteiger partial charge in [0.25, 0.3) is 11.3 Å². The van der Waals surface area contributed by atoms with Crippen molar-refractivity contribution in [2.45, 2.75) is 47.1 Å². The molecule has 1 aromatic heterocycles. The maximum Gasteiger partial charge on any atom is 0.289 e. The Balaban J connectivity index is 1.62. The average molecular weight is 465 g/mol. The number of nitrogens with zero attached hydrogens (tertiary/aromatic N) is 2. The number of thioether (sulfide) groups is 2. The molecule has 0 aliphatic carbocycles. The van der Waals surface area contributed by atoms with E-state index in [2.05, 4.69) is 0 Å². The van der Waals surface area contributed by atoms with Crippen molar-refractivity contribution in [2.75, 3.05) is 13.7 Å². The van der Waals surface area contributed by atoms with Crippen LogP contribution in [-0.4, -0.2) is 35.1 Å². The van der Waals surface area contributed by atoms with Crippen molar-refractivity contribution < 1.29 is 18.3 Å². The molecule has 0 bridgehead atoms. The molecule has 3 aromatic rings. The van der Waals surface area contributed by atoms with Gasteiger partial charge in [-0.05, 0) is 42.7 Å². The van der Waals surface area contributed by atoms with E-state index >= 15 is 0 Å². The van der Waals surface area contributed by atoms with Gasteiger partial charge in [-0.1, -0.05) is 41.7 Å². The molecule has 0 spiro atoms. The number of benzene rings is 2. The second kappa shape index (κ2) is 10.0. The zero-order valence-electron chi connectivity index (χ0n) is 16.9. The van der Waals surface area contributed by atoms with Gasteiger partial charge >= 0.3 is 0 Å². The first-order chi connectivity index (χ1) is 15.0. The van der Waals surface area contributed by atoms with E-state index in [-0.39, 0.29) is 11.7 Å². The van der Waals surface area contributed by atoms with Gasteiger partial charge in [-0.15, -0.1) is 0 Å². The molecule has 31 heavy (non-hydrogen) atoms. The van der Waals surface area contributed by atoms with Crippen molar-refractivity contribution in [1.29, 1.82) is 0 Å². The van der Waals surface area contributed by atoms with Crippen molar-refractivity contribution in [3.8, 4) is 5.75 Å². The van der Waals surface area contributed by atoms with Crippen LogP contribution in [0, 0.1) is 0 Å². The summed E-state index contributed by atoms with van der Waals surface area (Å²) >= 11 is 1.90. The number of para-hydroxylation sites is 1. The molecule has 9 heteroatoms. The molecule has 2 heterocycles. The molecule has 2 aromatic carbocycles. The summed E-state index contributed by atoms with van der Waals surface area (Å²) < 4.78 is 38.2. The fraction of sp³-hybridized carbons (Fsp3) is 0.364. The predicted molar refractivity (Wildman–Crippen MR) is 119 cm³/mol. The highest BCUT2D eigenvalue weighted by atomic mass is 32.2. The van der Waals surface area contributed by atoms with Crippen LogP contribution in [0.4, 0.5) is 8.78 Å². The van der Waals surface area contributed by atoms with Crippen LogP contribution in [0.1, 0.15) is 18.4 Å². The molecule has 5 nitrogen and oxygen atoms in total. The quantitative estimate of drug-likeness (QED) is 0.338. The predicted octanol–water partition coefficient (Wildman–Crippen LogP) is 5.19. The number of rotatable bonds is 8. The lowest BCUT2D eigenvalue weighted by atomic mass is 10.2. The molecule has 0 radical (unpaired) electrons. The Bertz CT molecular complexity index is 1120. The molecule has 1 aliphatic rings. The Morgan fingerprint density at radius 2 is 2.13 bits per heavy atom. The summed E-state index contributed by atoms with van der Waals surface area (Å²) in [6.07, 6.45) is 1.92. The van der Waals surface area contributed by atoms with Gasteiger partial charge in [-0.25, -0.2) is 4.98 Å². The summed E-state index contributed by atoms with van der Waals surface area (Å²) in [5.74, 6) is -1.58. The molecule has 1 atom stereocenters. The lowest BCUT2D eigenvalue weighted by molar-refractivity contribution is 0.0937. The van der Waals surface area contributed by atoms with Gasteiger partial charge < -0.3 is 9.47 Å². The molecule has 1 saturated heterocycles. The molecule has 164 valence electrons. The number of hydrogen-bond acceptors (Lipinski definition) is 6. The van der Waals surface area contributed by atoms with Crippen LogP contribution in [0.3, 0.4) is 0 Å². The standard InChI is InChI=1S/C22H22F2N2O3S2/c1-28-18-11-14(8-9-19(18)31-21(23)24)13-30-22-25-17-7-3-2-6-16(17)20(27)26(22)12-15-5-4-10-29-15/h2-3,6-9,11,15,21H,4-5,10,12-13H2,1H3. The monoisotopic (exact) mass is 464 g/mol. The number of hydrogen-bond donors (Lipinski definition) is 0. The van der Waals surface area contributed by atoms with Crippen molar-refractivity contribution in [3.05, 3.63) is 58.4 Å². The van der Waals surface area contributed by atoms with Gasteiger partial charge in [-0.3, -0.25) is 9.36 Å². The maximum atomic E-state index is 13.2. The molecule has 0 amide bonds. The average Bonchev–Trinajstić information content (AvgIpc) is 3.28. The molecule has 4 rings (SSSR count). The van der Waals surface area contributed by atoms with Crippen LogP contribution >= 0.6 is 23.5 Å². The minimum Gasteiger partial charge on any atom is -0.496 e. The van der Waals surface area contributed by atoms with E-state index in [1.165, 1.54) is 18.9 Å². The lowest BCUT2D eigenvalue weighted by Crippen LogP contribution is -2.28. The van der Waals surface area contributed by atoms with Gasteiger partial charge in [0.2, 0.25) is 0 Å². The first kappa shape index (κ1) is 22.1.